The lowest BCUT2D eigenvalue weighted by Crippen LogP contribution is -2.19. The summed E-state index contributed by atoms with van der Waals surface area (Å²) in [5, 5.41) is 3.21. The molecule has 0 fully saturated rings. The Bertz CT molecular complexity index is 360. The van der Waals surface area contributed by atoms with Crippen molar-refractivity contribution in [1.82, 2.24) is 0 Å². The van der Waals surface area contributed by atoms with Gasteiger partial charge < -0.3 is 10.1 Å². The minimum Gasteiger partial charge on any atom is -0.433 e. The third-order valence-corrected chi connectivity index (χ3v) is 2.31. The third-order valence-electron chi connectivity index (χ3n) is 2.31. The fourth-order valence-electron chi connectivity index (χ4n) is 1.72. The molecule has 1 aromatic carbocycles. The van der Waals surface area contributed by atoms with Gasteiger partial charge in [0.1, 0.15) is 5.75 Å². The predicted molar refractivity (Wildman–Crippen MR) is 54.5 cm³/mol. The van der Waals surface area contributed by atoms with E-state index in [1.807, 2.05) is 0 Å². The lowest BCUT2D eigenvalue weighted by molar-refractivity contribution is -0.158. The molecule has 0 aromatic heterocycles. The van der Waals surface area contributed by atoms with Crippen LogP contribution in [-0.4, -0.2) is 12.7 Å². The zero-order chi connectivity index (χ0) is 10.9. The minimum atomic E-state index is -3.11. The van der Waals surface area contributed by atoms with Crippen LogP contribution < -0.4 is 10.1 Å². The van der Waals surface area contributed by atoms with Gasteiger partial charge in [-0.2, -0.15) is 8.78 Å². The quantitative estimate of drug-likeness (QED) is 0.815. The summed E-state index contributed by atoms with van der Waals surface area (Å²) in [5.41, 5.74) is 2.07. The molecule has 0 saturated heterocycles. The van der Waals surface area contributed by atoms with E-state index in [1.165, 1.54) is 0 Å². The summed E-state index contributed by atoms with van der Waals surface area (Å²) in [6, 6.07) is 5.03. The van der Waals surface area contributed by atoms with E-state index in [2.05, 4.69) is 10.1 Å². The first kappa shape index (κ1) is 10.2. The van der Waals surface area contributed by atoms with Gasteiger partial charge in [0.05, 0.1) is 0 Å². The number of nitrogens with one attached hydrogen (secondary N) is 1. The monoisotopic (exact) mass is 213 g/mol. The van der Waals surface area contributed by atoms with Crippen molar-refractivity contribution in [3.05, 3.63) is 23.8 Å². The lowest BCUT2D eigenvalue weighted by atomic mass is 10.0. The largest absolute Gasteiger partial charge is 0.433 e. The van der Waals surface area contributed by atoms with Crippen molar-refractivity contribution in [2.75, 3.05) is 11.9 Å². The van der Waals surface area contributed by atoms with Crippen LogP contribution >= 0.6 is 0 Å². The maximum Gasteiger partial charge on any atom is 0.394 e. The van der Waals surface area contributed by atoms with Crippen molar-refractivity contribution in [2.24, 2.45) is 0 Å². The summed E-state index contributed by atoms with van der Waals surface area (Å²) in [6.07, 6.45) is -1.18. The van der Waals surface area contributed by atoms with E-state index in [0.29, 0.717) is 0 Å². The number of anilines is 1. The van der Waals surface area contributed by atoms with E-state index in [9.17, 15) is 8.78 Å². The van der Waals surface area contributed by atoms with Gasteiger partial charge in [0.15, 0.2) is 0 Å². The van der Waals surface area contributed by atoms with Gasteiger partial charge in [0.2, 0.25) is 0 Å². The maximum absolute atomic E-state index is 12.6. The third kappa shape index (κ3) is 2.58. The summed E-state index contributed by atoms with van der Waals surface area (Å²) >= 11 is 0. The number of halogens is 2. The molecule has 0 bridgehead atoms. The average Bonchev–Trinajstić information content (AvgIpc) is 2.15. The minimum absolute atomic E-state index is 0.227. The number of ether oxygens (including phenoxy) is 1. The van der Waals surface area contributed by atoms with Crippen molar-refractivity contribution in [3.63, 3.8) is 0 Å². The molecule has 0 spiro atoms. The highest BCUT2D eigenvalue weighted by Crippen LogP contribution is 2.28. The molecule has 15 heavy (non-hydrogen) atoms. The van der Waals surface area contributed by atoms with Crippen LogP contribution in [0.4, 0.5) is 14.5 Å². The Morgan fingerprint density at radius 1 is 1.40 bits per heavy atom. The number of hydrogen-bond donors (Lipinski definition) is 1. The van der Waals surface area contributed by atoms with E-state index >= 15 is 0 Å². The van der Waals surface area contributed by atoms with Crippen LogP contribution in [0.15, 0.2) is 18.2 Å². The van der Waals surface area contributed by atoms with Gasteiger partial charge in [-0.05, 0) is 36.6 Å². The second-order valence-corrected chi connectivity index (χ2v) is 3.76. The molecule has 0 saturated carbocycles. The second kappa shape index (κ2) is 3.68. The van der Waals surface area contributed by atoms with Crippen LogP contribution in [0.2, 0.25) is 0 Å². The molecule has 2 rings (SSSR count). The van der Waals surface area contributed by atoms with Crippen molar-refractivity contribution in [3.8, 4) is 5.75 Å². The summed E-state index contributed by atoms with van der Waals surface area (Å²) in [5.74, 6) is 0.227. The van der Waals surface area contributed by atoms with Crippen molar-refractivity contribution in [1.29, 1.82) is 0 Å². The van der Waals surface area contributed by atoms with Gasteiger partial charge in [0.25, 0.3) is 0 Å². The van der Waals surface area contributed by atoms with E-state index in [-0.39, 0.29) is 5.75 Å². The highest BCUT2D eigenvalue weighted by molar-refractivity contribution is 5.55. The molecule has 0 radical (unpaired) electrons. The van der Waals surface area contributed by atoms with E-state index in [1.54, 1.807) is 18.2 Å². The topological polar surface area (TPSA) is 21.3 Å². The molecular formula is C11H13F2NO. The molecular weight excluding hydrogens is 200 g/mol. The van der Waals surface area contributed by atoms with E-state index < -0.39 is 6.11 Å². The molecule has 4 heteroatoms. The fourth-order valence-corrected chi connectivity index (χ4v) is 1.72. The Morgan fingerprint density at radius 3 is 2.93 bits per heavy atom. The zero-order valence-corrected chi connectivity index (χ0v) is 8.52. The normalized spacial score (nSPS) is 15.4. The van der Waals surface area contributed by atoms with Crippen LogP contribution in [0, 0.1) is 0 Å². The smallest absolute Gasteiger partial charge is 0.394 e. The Hall–Kier alpha value is -1.32. The maximum atomic E-state index is 12.6. The number of rotatable bonds is 2. The summed E-state index contributed by atoms with van der Waals surface area (Å²) in [4.78, 5) is 0. The SMILES string of the molecule is CC(F)(F)Oc1ccc2c(c1)CCCN2. The molecule has 1 N–H and O–H groups in total. The Kier molecular flexibility index (Phi) is 2.50. The van der Waals surface area contributed by atoms with Crippen LogP contribution in [0.3, 0.4) is 0 Å². The van der Waals surface area contributed by atoms with Crippen LogP contribution in [0.25, 0.3) is 0 Å². The molecule has 0 aliphatic carbocycles. The fraction of sp³-hybridized carbons (Fsp3) is 0.455. The summed E-state index contributed by atoms with van der Waals surface area (Å²) in [6.45, 7) is 1.68. The summed E-state index contributed by atoms with van der Waals surface area (Å²) < 4.78 is 29.7. The van der Waals surface area contributed by atoms with Gasteiger partial charge in [-0.25, -0.2) is 0 Å². The van der Waals surface area contributed by atoms with Crippen LogP contribution in [0.5, 0.6) is 5.75 Å². The number of fused-ring (bicyclic) bond motifs is 1. The van der Waals surface area contributed by atoms with Crippen molar-refractivity contribution >= 4 is 5.69 Å². The number of hydrogen-bond acceptors (Lipinski definition) is 2. The zero-order valence-electron chi connectivity index (χ0n) is 8.52. The van der Waals surface area contributed by atoms with Gasteiger partial charge in [-0.3, -0.25) is 0 Å². The molecule has 0 unspecified atom stereocenters. The van der Waals surface area contributed by atoms with Gasteiger partial charge in [0, 0.05) is 19.2 Å². The predicted octanol–water partition coefficient (Wildman–Crippen LogP) is 3.04. The van der Waals surface area contributed by atoms with Gasteiger partial charge in [-0.1, -0.05) is 0 Å². The van der Waals surface area contributed by atoms with Gasteiger partial charge >= 0.3 is 6.11 Å². The molecule has 0 atom stereocenters. The molecule has 0 amide bonds. The van der Waals surface area contributed by atoms with Crippen LogP contribution in [0.1, 0.15) is 18.9 Å². The first-order valence-corrected chi connectivity index (χ1v) is 4.98. The lowest BCUT2D eigenvalue weighted by Gasteiger charge is -2.20. The van der Waals surface area contributed by atoms with Crippen molar-refractivity contribution in [2.45, 2.75) is 25.9 Å². The molecule has 2 nitrogen and oxygen atoms in total. The standard InChI is InChI=1S/C11H13F2NO/c1-11(12,13)15-9-4-5-10-8(7-9)3-2-6-14-10/h4-5,7,14H,2-3,6H2,1H3. The number of aryl methyl sites for hydroxylation is 1. The van der Waals surface area contributed by atoms with Crippen LogP contribution in [-0.2, 0) is 6.42 Å². The van der Waals surface area contributed by atoms with E-state index in [4.69, 9.17) is 0 Å². The van der Waals surface area contributed by atoms with E-state index in [0.717, 1.165) is 37.6 Å². The molecule has 82 valence electrons. The molecule has 1 aliphatic heterocycles. The average molecular weight is 213 g/mol. The second-order valence-electron chi connectivity index (χ2n) is 3.76. The van der Waals surface area contributed by atoms with Gasteiger partial charge in [-0.15, -0.1) is 0 Å². The van der Waals surface area contributed by atoms with Crippen molar-refractivity contribution < 1.29 is 13.5 Å². The Morgan fingerprint density at radius 2 is 2.20 bits per heavy atom. The Labute approximate surface area is 87.2 Å². The highest BCUT2D eigenvalue weighted by Gasteiger charge is 2.23. The number of benzene rings is 1. The first-order chi connectivity index (χ1) is 7.04. The molecule has 1 heterocycles. The summed E-state index contributed by atoms with van der Waals surface area (Å²) in [7, 11) is 0. The first-order valence-electron chi connectivity index (χ1n) is 4.98. The Balaban J connectivity index is 2.21. The number of alkyl halides is 2. The molecule has 1 aromatic rings. The highest BCUT2D eigenvalue weighted by atomic mass is 19.3. The molecule has 1 aliphatic rings.